The summed E-state index contributed by atoms with van der Waals surface area (Å²) in [7, 11) is 1.31. The Morgan fingerprint density at radius 1 is 1.43 bits per heavy atom. The molecular formula is C14H20N2O5. The van der Waals surface area contributed by atoms with E-state index in [1.807, 2.05) is 13.8 Å². The van der Waals surface area contributed by atoms with E-state index in [0.717, 1.165) is 17.0 Å². The van der Waals surface area contributed by atoms with Crippen LogP contribution in [0.25, 0.3) is 0 Å². The van der Waals surface area contributed by atoms with Crippen molar-refractivity contribution in [2.24, 2.45) is 0 Å². The van der Waals surface area contributed by atoms with Gasteiger partial charge in [-0.05, 0) is 20.3 Å². The summed E-state index contributed by atoms with van der Waals surface area (Å²) in [6, 6.07) is -0.652. The van der Waals surface area contributed by atoms with Crippen LogP contribution >= 0.6 is 0 Å². The normalized spacial score (nSPS) is 18.6. The van der Waals surface area contributed by atoms with Crippen molar-refractivity contribution in [1.82, 2.24) is 10.1 Å². The summed E-state index contributed by atoms with van der Waals surface area (Å²) < 4.78 is 15.1. The van der Waals surface area contributed by atoms with Gasteiger partial charge in [0, 0.05) is 18.5 Å². The lowest BCUT2D eigenvalue weighted by atomic mass is 10.1. The molecule has 0 aromatic carbocycles. The van der Waals surface area contributed by atoms with E-state index >= 15 is 0 Å². The number of aromatic nitrogens is 1. The minimum atomic E-state index is -0.652. The number of hydrogen-bond donors (Lipinski definition) is 0. The third kappa shape index (κ3) is 3.41. The molecule has 0 aliphatic carbocycles. The number of methoxy groups -OCH3 is 1. The van der Waals surface area contributed by atoms with E-state index in [0.29, 0.717) is 26.0 Å². The molecular weight excluding hydrogens is 276 g/mol. The molecule has 1 aliphatic heterocycles. The molecule has 1 aliphatic rings. The molecule has 116 valence electrons. The Kier molecular flexibility index (Phi) is 4.95. The number of aryl methyl sites for hydroxylation is 2. The van der Waals surface area contributed by atoms with E-state index in [1.165, 1.54) is 12.0 Å². The van der Waals surface area contributed by atoms with Crippen molar-refractivity contribution in [3.63, 3.8) is 0 Å². The van der Waals surface area contributed by atoms with Gasteiger partial charge in [-0.25, -0.2) is 4.79 Å². The molecule has 7 nitrogen and oxygen atoms in total. The molecule has 7 heteroatoms. The molecule has 1 fully saturated rings. The Bertz CT molecular complexity index is 506. The average Bonchev–Trinajstić information content (AvgIpc) is 2.82. The summed E-state index contributed by atoms with van der Waals surface area (Å²) in [6.45, 7) is 4.70. The molecule has 21 heavy (non-hydrogen) atoms. The highest BCUT2D eigenvalue weighted by Gasteiger charge is 2.33. The fourth-order valence-corrected chi connectivity index (χ4v) is 2.47. The molecule has 0 saturated carbocycles. The number of carbonyl (C=O) groups is 2. The third-order valence-corrected chi connectivity index (χ3v) is 3.69. The summed E-state index contributed by atoms with van der Waals surface area (Å²) in [6.07, 6.45) is 0.849. The third-order valence-electron chi connectivity index (χ3n) is 3.69. The molecule has 1 saturated heterocycles. The fraction of sp³-hybridized carbons (Fsp3) is 0.643. The Labute approximate surface area is 123 Å². The largest absolute Gasteiger partial charge is 0.467 e. The van der Waals surface area contributed by atoms with Gasteiger partial charge >= 0.3 is 5.97 Å². The number of amides is 1. The molecule has 0 spiro atoms. The lowest BCUT2D eigenvalue weighted by Gasteiger charge is -2.33. The van der Waals surface area contributed by atoms with E-state index in [9.17, 15) is 9.59 Å². The van der Waals surface area contributed by atoms with Crippen molar-refractivity contribution in [1.29, 1.82) is 0 Å². The van der Waals surface area contributed by atoms with Crippen LogP contribution < -0.4 is 0 Å². The van der Waals surface area contributed by atoms with Crippen LogP contribution in [0.5, 0.6) is 0 Å². The van der Waals surface area contributed by atoms with Gasteiger partial charge in [0.2, 0.25) is 5.91 Å². The van der Waals surface area contributed by atoms with E-state index in [4.69, 9.17) is 14.0 Å². The molecule has 0 bridgehead atoms. The molecule has 2 rings (SSSR count). The van der Waals surface area contributed by atoms with E-state index in [1.54, 1.807) is 0 Å². The molecule has 1 unspecified atom stereocenters. The van der Waals surface area contributed by atoms with E-state index in [2.05, 4.69) is 5.16 Å². The van der Waals surface area contributed by atoms with Crippen LogP contribution in [0.4, 0.5) is 0 Å². The van der Waals surface area contributed by atoms with Crippen LogP contribution in [0.2, 0.25) is 0 Å². The Hall–Kier alpha value is -1.89. The maximum absolute atomic E-state index is 12.4. The second kappa shape index (κ2) is 6.71. The quantitative estimate of drug-likeness (QED) is 0.758. The first-order valence-corrected chi connectivity index (χ1v) is 6.91. The molecule has 0 N–H and O–H groups in total. The van der Waals surface area contributed by atoms with Gasteiger partial charge in [0.05, 0.1) is 26.0 Å². The van der Waals surface area contributed by atoms with Crippen molar-refractivity contribution < 1.29 is 23.6 Å². The number of rotatable bonds is 4. The van der Waals surface area contributed by atoms with Crippen LogP contribution in [0, 0.1) is 13.8 Å². The van der Waals surface area contributed by atoms with Gasteiger partial charge in [-0.1, -0.05) is 5.16 Å². The summed E-state index contributed by atoms with van der Waals surface area (Å²) in [5.41, 5.74) is 1.75. The van der Waals surface area contributed by atoms with Crippen LogP contribution in [0.3, 0.4) is 0 Å². The molecule has 1 atom stereocenters. The first-order chi connectivity index (χ1) is 10.0. The minimum Gasteiger partial charge on any atom is -0.467 e. The van der Waals surface area contributed by atoms with Gasteiger partial charge in [-0.3, -0.25) is 4.79 Å². The summed E-state index contributed by atoms with van der Waals surface area (Å²) in [5.74, 6) is 0.195. The monoisotopic (exact) mass is 296 g/mol. The second-order valence-corrected chi connectivity index (χ2v) is 5.00. The highest BCUT2D eigenvalue weighted by atomic mass is 16.5. The first-order valence-electron chi connectivity index (χ1n) is 6.91. The van der Waals surface area contributed by atoms with Crippen LogP contribution in [-0.4, -0.2) is 54.8 Å². The summed E-state index contributed by atoms with van der Waals surface area (Å²) >= 11 is 0. The van der Waals surface area contributed by atoms with Gasteiger partial charge in [0.1, 0.15) is 5.76 Å². The van der Waals surface area contributed by atoms with Crippen molar-refractivity contribution >= 4 is 11.9 Å². The lowest BCUT2D eigenvalue weighted by molar-refractivity contribution is -0.160. The minimum absolute atomic E-state index is 0.0892. The standard InChI is InChI=1S/C14H20N2O5/c1-9-11(10(2)21-15-9)4-5-13(17)16-6-7-20-8-12(16)14(18)19-3/h12H,4-8H2,1-3H3. The predicted molar refractivity (Wildman–Crippen MR) is 72.6 cm³/mol. The van der Waals surface area contributed by atoms with Crippen LogP contribution in [0.1, 0.15) is 23.4 Å². The molecule has 1 aromatic rings. The van der Waals surface area contributed by atoms with Crippen molar-refractivity contribution in [2.45, 2.75) is 32.7 Å². The van der Waals surface area contributed by atoms with Gasteiger partial charge in [0.15, 0.2) is 6.04 Å². The van der Waals surface area contributed by atoms with Crippen molar-refractivity contribution in [3.05, 3.63) is 17.0 Å². The van der Waals surface area contributed by atoms with Crippen molar-refractivity contribution in [3.8, 4) is 0 Å². The van der Waals surface area contributed by atoms with E-state index in [-0.39, 0.29) is 12.5 Å². The SMILES string of the molecule is COC(=O)C1COCCN1C(=O)CCc1c(C)noc1C. The zero-order valence-electron chi connectivity index (χ0n) is 12.5. The van der Waals surface area contributed by atoms with Crippen LogP contribution in [-0.2, 0) is 25.5 Å². The smallest absolute Gasteiger partial charge is 0.331 e. The predicted octanol–water partition coefficient (Wildman–Crippen LogP) is 0.624. The average molecular weight is 296 g/mol. The molecule has 1 amide bonds. The molecule has 1 aromatic heterocycles. The number of esters is 1. The molecule has 2 heterocycles. The Morgan fingerprint density at radius 2 is 2.19 bits per heavy atom. The summed E-state index contributed by atoms with van der Waals surface area (Å²) in [5, 5.41) is 3.87. The van der Waals surface area contributed by atoms with Crippen LogP contribution in [0.15, 0.2) is 4.52 Å². The maximum Gasteiger partial charge on any atom is 0.331 e. The van der Waals surface area contributed by atoms with Gasteiger partial charge < -0.3 is 18.9 Å². The number of nitrogens with zero attached hydrogens (tertiary/aromatic N) is 2. The lowest BCUT2D eigenvalue weighted by Crippen LogP contribution is -2.53. The topological polar surface area (TPSA) is 81.9 Å². The van der Waals surface area contributed by atoms with Gasteiger partial charge in [-0.15, -0.1) is 0 Å². The van der Waals surface area contributed by atoms with Gasteiger partial charge in [-0.2, -0.15) is 0 Å². The van der Waals surface area contributed by atoms with E-state index < -0.39 is 12.0 Å². The highest BCUT2D eigenvalue weighted by Crippen LogP contribution is 2.17. The second-order valence-electron chi connectivity index (χ2n) is 5.00. The molecule has 0 radical (unpaired) electrons. The summed E-state index contributed by atoms with van der Waals surface area (Å²) in [4.78, 5) is 25.6. The highest BCUT2D eigenvalue weighted by molar-refractivity contribution is 5.85. The van der Waals surface area contributed by atoms with Crippen molar-refractivity contribution in [2.75, 3.05) is 26.9 Å². The number of ether oxygens (including phenoxy) is 2. The Morgan fingerprint density at radius 3 is 2.81 bits per heavy atom. The first kappa shape index (κ1) is 15.5. The fourth-order valence-electron chi connectivity index (χ4n) is 2.47. The zero-order valence-corrected chi connectivity index (χ0v) is 12.5. The Balaban J connectivity index is 1.99. The number of carbonyl (C=O) groups excluding carboxylic acids is 2. The van der Waals surface area contributed by atoms with Gasteiger partial charge in [0.25, 0.3) is 0 Å². The number of hydrogen-bond acceptors (Lipinski definition) is 6. The number of morpholine rings is 1. The maximum atomic E-state index is 12.4. The zero-order chi connectivity index (χ0) is 15.4.